The number of carbonyl (C=O) groups excluding carboxylic acids is 2. The van der Waals surface area contributed by atoms with E-state index in [1.165, 1.54) is 22.3 Å². The van der Waals surface area contributed by atoms with Crippen molar-refractivity contribution in [1.29, 1.82) is 0 Å². The summed E-state index contributed by atoms with van der Waals surface area (Å²) in [5.74, 6) is 0.425. The highest BCUT2D eigenvalue weighted by molar-refractivity contribution is 5.96. The van der Waals surface area contributed by atoms with E-state index < -0.39 is 0 Å². The second kappa shape index (κ2) is 7.12. The maximum absolute atomic E-state index is 12.1. The molecule has 2 nitrogen and oxygen atoms in total. The van der Waals surface area contributed by atoms with Crippen molar-refractivity contribution >= 4 is 11.6 Å². The summed E-state index contributed by atoms with van der Waals surface area (Å²) < 4.78 is 0. The Kier molecular flexibility index (Phi) is 4.94. The Bertz CT molecular complexity index is 675. The summed E-state index contributed by atoms with van der Waals surface area (Å²) in [5, 5.41) is 0. The summed E-state index contributed by atoms with van der Waals surface area (Å²) in [4.78, 5) is 24.2. The minimum absolute atomic E-state index is 0.213. The van der Waals surface area contributed by atoms with Crippen LogP contribution < -0.4 is 0 Å². The molecule has 2 aromatic carbocycles. The summed E-state index contributed by atoms with van der Waals surface area (Å²) in [6.07, 6.45) is 4.71. The van der Waals surface area contributed by atoms with Crippen LogP contribution in [-0.2, 0) is 25.7 Å². The van der Waals surface area contributed by atoms with Crippen LogP contribution in [0.2, 0.25) is 0 Å². The van der Waals surface area contributed by atoms with Gasteiger partial charge in [-0.3, -0.25) is 9.59 Å². The van der Waals surface area contributed by atoms with E-state index in [2.05, 4.69) is 12.1 Å². The molecule has 1 aliphatic carbocycles. The second-order valence-corrected chi connectivity index (χ2v) is 6.63. The zero-order valence-corrected chi connectivity index (χ0v) is 14.5. The van der Waals surface area contributed by atoms with Gasteiger partial charge in [-0.15, -0.1) is 0 Å². The van der Waals surface area contributed by atoms with Crippen molar-refractivity contribution in [3.05, 3.63) is 69.8 Å². The predicted molar refractivity (Wildman–Crippen MR) is 96.9 cm³/mol. The van der Waals surface area contributed by atoms with Crippen LogP contribution in [0.25, 0.3) is 0 Å². The molecule has 0 atom stereocenters. The number of carbonyl (C=O) groups is 2. The molecule has 0 saturated heterocycles. The largest absolute Gasteiger partial charge is 0.294 e. The van der Waals surface area contributed by atoms with Crippen molar-refractivity contribution in [3.8, 4) is 0 Å². The van der Waals surface area contributed by atoms with E-state index in [1.807, 2.05) is 38.1 Å². The molecule has 0 fully saturated rings. The van der Waals surface area contributed by atoms with Gasteiger partial charge in [-0.25, -0.2) is 0 Å². The lowest BCUT2D eigenvalue weighted by Gasteiger charge is -2.14. The molecule has 124 valence electrons. The molecule has 0 unspecified atom stereocenters. The maximum Gasteiger partial charge on any atom is 0.162 e. The van der Waals surface area contributed by atoms with Crippen LogP contribution in [-0.4, -0.2) is 11.6 Å². The molecule has 2 aromatic rings. The monoisotopic (exact) mass is 320 g/mol. The van der Waals surface area contributed by atoms with Gasteiger partial charge in [0.1, 0.15) is 0 Å². The third-order valence-corrected chi connectivity index (χ3v) is 4.80. The molecule has 0 heterocycles. The molecule has 3 rings (SSSR count). The van der Waals surface area contributed by atoms with E-state index in [0.29, 0.717) is 12.8 Å². The Hall–Kier alpha value is -2.22. The van der Waals surface area contributed by atoms with Crippen LogP contribution in [0.3, 0.4) is 0 Å². The molecule has 0 amide bonds. The Labute approximate surface area is 143 Å². The van der Waals surface area contributed by atoms with E-state index in [1.54, 1.807) is 0 Å². The Balaban J connectivity index is 1.96. The fraction of sp³-hybridized carbons (Fsp3) is 0.364. The number of rotatable bonds is 4. The lowest BCUT2D eigenvalue weighted by molar-refractivity contribution is 0.0980. The minimum atomic E-state index is 0.213. The van der Waals surface area contributed by atoms with E-state index in [4.69, 9.17) is 0 Å². The summed E-state index contributed by atoms with van der Waals surface area (Å²) in [6.45, 7) is 3.82. The fourth-order valence-electron chi connectivity index (χ4n) is 3.41. The van der Waals surface area contributed by atoms with E-state index >= 15 is 0 Å². The normalized spacial score (nSPS) is 13.4. The average molecular weight is 320 g/mol. The van der Waals surface area contributed by atoms with Crippen LogP contribution in [0, 0.1) is 0 Å². The molecule has 0 spiro atoms. The quantitative estimate of drug-likeness (QED) is 0.761. The lowest BCUT2D eigenvalue weighted by Crippen LogP contribution is -2.06. The summed E-state index contributed by atoms with van der Waals surface area (Å²) in [5.41, 5.74) is 6.58. The standard InChI is InChI=1S/C22H24O2/c1-3-21(23)19-11-15-5-7-17-10-18(8-6-16(9-15)12-19)14-20(13-17)22(24)4-2/h9-14H,3-8H2,1-2H3. The number of fused-ring (bicyclic) bond motifs is 4. The van der Waals surface area contributed by atoms with Crippen LogP contribution in [0.15, 0.2) is 36.4 Å². The van der Waals surface area contributed by atoms with Crippen LogP contribution in [0.4, 0.5) is 0 Å². The number of aryl methyl sites for hydroxylation is 4. The first-order valence-electron chi connectivity index (χ1n) is 8.91. The van der Waals surface area contributed by atoms with Crippen molar-refractivity contribution in [2.45, 2.75) is 52.4 Å². The molecule has 24 heavy (non-hydrogen) atoms. The molecule has 4 bridgehead atoms. The van der Waals surface area contributed by atoms with Crippen molar-refractivity contribution in [2.24, 2.45) is 0 Å². The van der Waals surface area contributed by atoms with Crippen molar-refractivity contribution in [2.75, 3.05) is 0 Å². The molecule has 1 aliphatic rings. The number of benzene rings is 2. The van der Waals surface area contributed by atoms with E-state index in [9.17, 15) is 9.59 Å². The van der Waals surface area contributed by atoms with Crippen LogP contribution in [0.5, 0.6) is 0 Å². The third-order valence-electron chi connectivity index (χ3n) is 4.80. The number of ketones is 2. The maximum atomic E-state index is 12.1. The summed E-state index contributed by atoms with van der Waals surface area (Å²) >= 11 is 0. The average Bonchev–Trinajstić information content (AvgIpc) is 2.62. The van der Waals surface area contributed by atoms with Gasteiger partial charge in [0.25, 0.3) is 0 Å². The first-order valence-corrected chi connectivity index (χ1v) is 8.91. The predicted octanol–water partition coefficient (Wildman–Crippen LogP) is 4.76. The molecule has 0 aliphatic heterocycles. The van der Waals surface area contributed by atoms with E-state index in [0.717, 1.165) is 36.8 Å². The van der Waals surface area contributed by atoms with Gasteiger partial charge in [-0.05, 0) is 72.2 Å². The van der Waals surface area contributed by atoms with E-state index in [-0.39, 0.29) is 11.6 Å². The second-order valence-electron chi connectivity index (χ2n) is 6.63. The molecule has 2 heteroatoms. The summed E-state index contributed by atoms with van der Waals surface area (Å²) in [7, 11) is 0. The molecule has 0 saturated carbocycles. The highest BCUT2D eigenvalue weighted by Crippen LogP contribution is 2.21. The number of hydrogen-bond donors (Lipinski definition) is 0. The topological polar surface area (TPSA) is 34.1 Å². The van der Waals surface area contributed by atoms with Crippen molar-refractivity contribution in [1.82, 2.24) is 0 Å². The molecule has 0 aromatic heterocycles. The van der Waals surface area contributed by atoms with Gasteiger partial charge in [0.05, 0.1) is 0 Å². The molecular weight excluding hydrogens is 296 g/mol. The smallest absolute Gasteiger partial charge is 0.162 e. The molecular formula is C22H24O2. The van der Waals surface area contributed by atoms with Crippen LogP contribution in [0.1, 0.15) is 69.7 Å². The van der Waals surface area contributed by atoms with Crippen LogP contribution >= 0.6 is 0 Å². The first kappa shape index (κ1) is 16.6. The Morgan fingerprint density at radius 3 is 1.17 bits per heavy atom. The van der Waals surface area contributed by atoms with Crippen molar-refractivity contribution < 1.29 is 9.59 Å². The van der Waals surface area contributed by atoms with Gasteiger partial charge in [-0.1, -0.05) is 26.0 Å². The minimum Gasteiger partial charge on any atom is -0.294 e. The Morgan fingerprint density at radius 2 is 0.917 bits per heavy atom. The summed E-state index contributed by atoms with van der Waals surface area (Å²) in [6, 6.07) is 12.6. The van der Waals surface area contributed by atoms with Gasteiger partial charge in [0, 0.05) is 24.0 Å². The lowest BCUT2D eigenvalue weighted by atomic mass is 9.90. The van der Waals surface area contributed by atoms with Gasteiger partial charge < -0.3 is 0 Å². The zero-order chi connectivity index (χ0) is 17.1. The fourth-order valence-corrected chi connectivity index (χ4v) is 3.41. The highest BCUT2D eigenvalue weighted by Gasteiger charge is 2.12. The van der Waals surface area contributed by atoms with Gasteiger partial charge in [-0.2, -0.15) is 0 Å². The number of hydrogen-bond acceptors (Lipinski definition) is 2. The number of Topliss-reactive ketones (excluding diaryl/α,β-unsaturated/α-hetero) is 2. The molecule has 0 N–H and O–H groups in total. The Morgan fingerprint density at radius 1 is 0.625 bits per heavy atom. The first-order chi connectivity index (χ1) is 11.6. The highest BCUT2D eigenvalue weighted by atomic mass is 16.1. The van der Waals surface area contributed by atoms with Gasteiger partial charge in [0.2, 0.25) is 0 Å². The molecule has 0 radical (unpaired) electrons. The SMILES string of the molecule is CCC(=O)c1cc2cc(c1)CCc1cc(cc(C(=O)CC)c1)CC2. The van der Waals surface area contributed by atoms with Gasteiger partial charge in [0.15, 0.2) is 11.6 Å². The zero-order valence-electron chi connectivity index (χ0n) is 14.5. The van der Waals surface area contributed by atoms with Crippen molar-refractivity contribution in [3.63, 3.8) is 0 Å². The van der Waals surface area contributed by atoms with Gasteiger partial charge >= 0.3 is 0 Å². The third kappa shape index (κ3) is 3.64.